The molecule has 5 amide bonds. The van der Waals surface area contributed by atoms with Gasteiger partial charge >= 0.3 is 5.97 Å². The number of aliphatic hydroxyl groups is 2. The van der Waals surface area contributed by atoms with Gasteiger partial charge in [0.2, 0.25) is 29.5 Å². The van der Waals surface area contributed by atoms with Gasteiger partial charge in [-0.3, -0.25) is 28.8 Å². The highest BCUT2D eigenvalue weighted by molar-refractivity contribution is 5.94. The van der Waals surface area contributed by atoms with Crippen molar-refractivity contribution in [2.75, 3.05) is 26.8 Å². The number of esters is 1. The molecule has 0 fully saturated rings. The summed E-state index contributed by atoms with van der Waals surface area (Å²) in [5.41, 5.74) is 5.28. The normalized spacial score (nSPS) is 15.5. The average Bonchev–Trinajstić information content (AvgIpc) is 3.08. The fourth-order valence-corrected chi connectivity index (χ4v) is 5.46. The topological polar surface area (TPSA) is 217 Å². The van der Waals surface area contributed by atoms with Crippen LogP contribution in [0.25, 0.3) is 0 Å². The predicted octanol–water partition coefficient (Wildman–Crippen LogP) is 2.18. The summed E-state index contributed by atoms with van der Waals surface area (Å²) in [5.74, 6) is -5.73. The molecule has 0 saturated heterocycles. The molecule has 0 rings (SSSR count). The summed E-state index contributed by atoms with van der Waals surface area (Å²) in [6, 6.07) is -3.38. The number of nitrogens with zero attached hydrogens (tertiary/aromatic N) is 1. The van der Waals surface area contributed by atoms with Crippen LogP contribution in [-0.2, 0) is 33.5 Å². The van der Waals surface area contributed by atoms with Crippen LogP contribution in [0, 0.1) is 23.7 Å². The number of carbonyl (C=O) groups is 6. The average molecular weight is 714 g/mol. The number of unbranched alkanes of at least 4 members (excludes halogenated alkanes) is 7. The van der Waals surface area contributed by atoms with Crippen molar-refractivity contribution in [1.29, 1.82) is 0 Å². The van der Waals surface area contributed by atoms with E-state index in [1.807, 2.05) is 20.8 Å². The number of nitrogens with two attached hydrogens (primary N) is 1. The molecule has 14 heteroatoms. The van der Waals surface area contributed by atoms with Gasteiger partial charge in [-0.2, -0.15) is 0 Å². The van der Waals surface area contributed by atoms with Crippen molar-refractivity contribution in [1.82, 2.24) is 20.9 Å². The van der Waals surface area contributed by atoms with E-state index in [0.717, 1.165) is 25.7 Å². The lowest BCUT2D eigenvalue weighted by molar-refractivity contribution is -0.158. The van der Waals surface area contributed by atoms with Crippen molar-refractivity contribution in [2.24, 2.45) is 29.4 Å². The van der Waals surface area contributed by atoms with Gasteiger partial charge in [0, 0.05) is 7.05 Å². The van der Waals surface area contributed by atoms with Crippen molar-refractivity contribution in [2.45, 2.75) is 143 Å². The molecule has 290 valence electrons. The van der Waals surface area contributed by atoms with Gasteiger partial charge in [0.25, 0.3) is 0 Å². The summed E-state index contributed by atoms with van der Waals surface area (Å²) in [5, 5.41) is 26.3. The maximum absolute atomic E-state index is 14.0. The summed E-state index contributed by atoms with van der Waals surface area (Å²) < 4.78 is 5.76. The minimum atomic E-state index is -1.32. The second-order valence-electron chi connectivity index (χ2n) is 14.0. The number of primary amides is 1. The molecule has 7 atom stereocenters. The first kappa shape index (κ1) is 46.7. The number of rotatable bonds is 27. The van der Waals surface area contributed by atoms with Crippen molar-refractivity contribution in [3.05, 3.63) is 0 Å². The Kier molecular flexibility index (Phi) is 24.0. The number of nitrogens with one attached hydrogen (secondary N) is 3. The first-order valence-corrected chi connectivity index (χ1v) is 18.4. The molecule has 0 aromatic heterocycles. The Bertz CT molecular complexity index is 1060. The third-order valence-electron chi connectivity index (χ3n) is 9.15. The van der Waals surface area contributed by atoms with Gasteiger partial charge in [-0.1, -0.05) is 99.8 Å². The quantitative estimate of drug-likeness (QED) is 0.0542. The van der Waals surface area contributed by atoms with Gasteiger partial charge in [-0.05, 0) is 31.1 Å². The van der Waals surface area contributed by atoms with Crippen LogP contribution in [0.2, 0.25) is 0 Å². The highest BCUT2D eigenvalue weighted by atomic mass is 16.5. The lowest BCUT2D eigenvalue weighted by Gasteiger charge is -2.34. The molecule has 0 unspecified atom stereocenters. The molecule has 0 bridgehead atoms. The second kappa shape index (κ2) is 25.7. The molecule has 0 aromatic carbocycles. The van der Waals surface area contributed by atoms with Crippen LogP contribution < -0.4 is 21.7 Å². The van der Waals surface area contributed by atoms with E-state index < -0.39 is 84.7 Å². The Morgan fingerprint density at radius 3 is 1.86 bits per heavy atom. The van der Waals surface area contributed by atoms with E-state index in [4.69, 9.17) is 10.5 Å². The summed E-state index contributed by atoms with van der Waals surface area (Å²) in [6.45, 7) is 11.2. The molecule has 0 saturated carbocycles. The Morgan fingerprint density at radius 1 is 0.780 bits per heavy atom. The minimum absolute atomic E-state index is 0.0170. The Labute approximate surface area is 299 Å². The minimum Gasteiger partial charge on any atom is -0.460 e. The van der Waals surface area contributed by atoms with Gasteiger partial charge < -0.3 is 41.5 Å². The van der Waals surface area contributed by atoms with E-state index in [1.54, 1.807) is 13.8 Å². The van der Waals surface area contributed by atoms with Crippen LogP contribution in [0.1, 0.15) is 119 Å². The van der Waals surface area contributed by atoms with E-state index >= 15 is 0 Å². The summed E-state index contributed by atoms with van der Waals surface area (Å²) in [4.78, 5) is 78.9. The van der Waals surface area contributed by atoms with Crippen LogP contribution in [0.3, 0.4) is 0 Å². The predicted molar refractivity (Wildman–Crippen MR) is 191 cm³/mol. The maximum Gasteiger partial charge on any atom is 0.325 e. The molecule has 0 aromatic rings. The van der Waals surface area contributed by atoms with Crippen molar-refractivity contribution in [3.8, 4) is 0 Å². The lowest BCUT2D eigenvalue weighted by Crippen LogP contribution is -2.59. The van der Waals surface area contributed by atoms with Gasteiger partial charge in [0.05, 0.1) is 25.0 Å². The van der Waals surface area contributed by atoms with Crippen LogP contribution in [0.4, 0.5) is 0 Å². The number of hydrogen-bond acceptors (Lipinski definition) is 9. The molecule has 0 radical (unpaired) electrons. The van der Waals surface area contributed by atoms with Crippen LogP contribution in [-0.4, -0.2) is 102 Å². The molecule has 7 N–H and O–H groups in total. The zero-order valence-corrected chi connectivity index (χ0v) is 31.8. The second-order valence-corrected chi connectivity index (χ2v) is 14.0. The van der Waals surface area contributed by atoms with Crippen molar-refractivity contribution >= 4 is 35.5 Å². The molecule has 0 aliphatic heterocycles. The number of aliphatic hydroxyl groups excluding tert-OH is 2. The first-order chi connectivity index (χ1) is 23.5. The number of carbonyl (C=O) groups excluding carboxylic acids is 6. The van der Waals surface area contributed by atoms with Crippen LogP contribution in [0.5, 0.6) is 0 Å². The summed E-state index contributed by atoms with van der Waals surface area (Å²) in [6.07, 6.45) is 8.81. The number of ether oxygens (including phenoxy) is 1. The highest BCUT2D eigenvalue weighted by Gasteiger charge is 2.37. The zero-order valence-electron chi connectivity index (χ0n) is 31.8. The molecule has 50 heavy (non-hydrogen) atoms. The Hall–Kier alpha value is -3.26. The highest BCUT2D eigenvalue weighted by Crippen LogP contribution is 2.22. The summed E-state index contributed by atoms with van der Waals surface area (Å²) in [7, 11) is 1.50. The fourth-order valence-electron chi connectivity index (χ4n) is 5.46. The van der Waals surface area contributed by atoms with Gasteiger partial charge in [0.15, 0.2) is 0 Å². The SMILES string of the molecule is CCCCCCCCCC[C@@H](OC(=O)CNC(=O)[C@@H](C)CO)[C@@H](C)C(=O)N(C)[C@@H](CC(C)C)C(=O)N[C@H](C(=O)N[C@@H](CO)C(N)=O)[C@H](C)CC. The molecular weight excluding hydrogens is 646 g/mol. The first-order valence-electron chi connectivity index (χ1n) is 18.4. The molecule has 14 nitrogen and oxygen atoms in total. The van der Waals surface area contributed by atoms with Crippen molar-refractivity contribution in [3.63, 3.8) is 0 Å². The zero-order chi connectivity index (χ0) is 38.4. The largest absolute Gasteiger partial charge is 0.460 e. The maximum atomic E-state index is 14.0. The molecule has 0 heterocycles. The van der Waals surface area contributed by atoms with E-state index in [2.05, 4.69) is 22.9 Å². The molecule has 0 aliphatic rings. The van der Waals surface area contributed by atoms with Gasteiger partial charge in [-0.25, -0.2) is 0 Å². The Morgan fingerprint density at radius 2 is 1.36 bits per heavy atom. The van der Waals surface area contributed by atoms with E-state index in [1.165, 1.54) is 38.1 Å². The number of amides is 5. The lowest BCUT2D eigenvalue weighted by atomic mass is 9.94. The third kappa shape index (κ3) is 17.6. The molecular formula is C36H67N5O9. The van der Waals surface area contributed by atoms with Crippen LogP contribution >= 0.6 is 0 Å². The van der Waals surface area contributed by atoms with Gasteiger partial charge in [0.1, 0.15) is 30.8 Å². The summed E-state index contributed by atoms with van der Waals surface area (Å²) >= 11 is 0. The molecule has 0 spiro atoms. The van der Waals surface area contributed by atoms with E-state index in [0.29, 0.717) is 19.3 Å². The fraction of sp³-hybridized carbons (Fsp3) is 0.833. The van der Waals surface area contributed by atoms with Gasteiger partial charge in [-0.15, -0.1) is 0 Å². The standard InChI is InChI=1S/C36H67N5O9/c1-9-11-12-13-14-15-16-17-18-29(50-30(44)20-38-33(46)25(6)21-42)26(7)36(49)41(8)28(19-23(3)4)34(47)40-31(24(5)10-2)35(48)39-27(22-43)32(37)45/h23-29,31,42-43H,9-22H2,1-8H3,(H2,37,45)(H,38,46)(H,39,48)(H,40,47)/t24-,25+,26-,27+,28+,29-,31+/m1/s1. The van der Waals surface area contributed by atoms with Crippen LogP contribution in [0.15, 0.2) is 0 Å². The van der Waals surface area contributed by atoms with Crippen molar-refractivity contribution < 1.29 is 43.7 Å². The van der Waals surface area contributed by atoms with E-state index in [9.17, 15) is 39.0 Å². The Balaban J connectivity index is 6.01. The van der Waals surface area contributed by atoms with E-state index in [-0.39, 0.29) is 24.9 Å². The number of hydrogen-bond donors (Lipinski definition) is 6. The monoisotopic (exact) mass is 713 g/mol. The number of likely N-dealkylation sites (N-methyl/N-ethyl adjacent to an activating group) is 1. The molecule has 0 aliphatic carbocycles. The smallest absolute Gasteiger partial charge is 0.325 e. The third-order valence-corrected chi connectivity index (χ3v) is 9.15.